The summed E-state index contributed by atoms with van der Waals surface area (Å²) in [6.07, 6.45) is 0.661. The van der Waals surface area contributed by atoms with Crippen LogP contribution < -0.4 is 5.73 Å². The number of rotatable bonds is 4. The molecule has 0 saturated heterocycles. The quantitative estimate of drug-likeness (QED) is 0.372. The van der Waals surface area contributed by atoms with E-state index < -0.39 is 0 Å². The van der Waals surface area contributed by atoms with Gasteiger partial charge in [0.25, 0.3) is 0 Å². The second-order valence-electron chi connectivity index (χ2n) is 3.25. The molecule has 1 aromatic carbocycles. The van der Waals surface area contributed by atoms with Crippen molar-refractivity contribution in [3.63, 3.8) is 0 Å². The van der Waals surface area contributed by atoms with Gasteiger partial charge >= 0.3 is 5.97 Å². The third kappa shape index (κ3) is 3.44. The normalized spacial score (nSPS) is 10.0. The van der Waals surface area contributed by atoms with Gasteiger partial charge in [0.1, 0.15) is 0 Å². The number of carbonyl (C=O) groups excluding carboxylic acids is 1. The molecule has 0 aromatic heterocycles. The first-order chi connectivity index (χ1) is 7.15. The Morgan fingerprint density at radius 3 is 2.87 bits per heavy atom. The van der Waals surface area contributed by atoms with E-state index in [1.807, 2.05) is 6.92 Å². The van der Waals surface area contributed by atoms with Crippen LogP contribution in [0.4, 0.5) is 5.69 Å². The number of alkyl halides is 1. The molecule has 0 aliphatic heterocycles. The number of halogens is 1. The van der Waals surface area contributed by atoms with Crippen LogP contribution in [0.15, 0.2) is 18.2 Å². The van der Waals surface area contributed by atoms with Crippen molar-refractivity contribution >= 4 is 23.3 Å². The van der Waals surface area contributed by atoms with E-state index in [-0.39, 0.29) is 5.97 Å². The van der Waals surface area contributed by atoms with E-state index in [1.165, 1.54) is 0 Å². The molecular formula is C11H14ClNO2. The highest BCUT2D eigenvalue weighted by atomic mass is 35.5. The zero-order chi connectivity index (χ0) is 11.3. The van der Waals surface area contributed by atoms with Crippen LogP contribution >= 0.6 is 11.6 Å². The lowest BCUT2D eigenvalue weighted by molar-refractivity contribution is 0.0506. The van der Waals surface area contributed by atoms with Gasteiger partial charge in [0.15, 0.2) is 0 Å². The van der Waals surface area contributed by atoms with Crippen LogP contribution in [0.25, 0.3) is 0 Å². The molecule has 3 nitrogen and oxygen atoms in total. The van der Waals surface area contributed by atoms with Gasteiger partial charge < -0.3 is 10.5 Å². The van der Waals surface area contributed by atoms with Gasteiger partial charge in [-0.15, -0.1) is 11.6 Å². The zero-order valence-electron chi connectivity index (χ0n) is 8.63. The number of carbonyl (C=O) groups is 1. The summed E-state index contributed by atoms with van der Waals surface area (Å²) in [5.41, 5.74) is 7.71. The molecule has 0 spiro atoms. The van der Waals surface area contributed by atoms with Crippen LogP contribution in [0.3, 0.4) is 0 Å². The monoisotopic (exact) mass is 227 g/mol. The Kier molecular flexibility index (Phi) is 4.43. The van der Waals surface area contributed by atoms with Crippen molar-refractivity contribution in [1.82, 2.24) is 0 Å². The molecular weight excluding hydrogens is 214 g/mol. The summed E-state index contributed by atoms with van der Waals surface area (Å²) >= 11 is 5.47. The summed E-state index contributed by atoms with van der Waals surface area (Å²) in [7, 11) is 0. The Bertz CT molecular complexity index is 352. The molecule has 0 bridgehead atoms. The Morgan fingerprint density at radius 1 is 1.53 bits per heavy atom. The fraction of sp³-hybridized carbons (Fsp3) is 0.364. The van der Waals surface area contributed by atoms with Gasteiger partial charge in [0, 0.05) is 11.6 Å². The minimum atomic E-state index is -0.355. The predicted molar refractivity (Wildman–Crippen MR) is 61.2 cm³/mol. The fourth-order valence-electron chi connectivity index (χ4n) is 1.07. The van der Waals surface area contributed by atoms with E-state index in [9.17, 15) is 4.79 Å². The molecule has 1 rings (SSSR count). The highest BCUT2D eigenvalue weighted by Gasteiger charge is 2.07. The lowest BCUT2D eigenvalue weighted by atomic mass is 10.1. The minimum absolute atomic E-state index is 0.343. The maximum absolute atomic E-state index is 11.5. The molecule has 0 fully saturated rings. The number of hydrogen-bond acceptors (Lipinski definition) is 3. The number of benzene rings is 1. The van der Waals surface area contributed by atoms with E-state index >= 15 is 0 Å². The second kappa shape index (κ2) is 5.61. The van der Waals surface area contributed by atoms with Crippen molar-refractivity contribution in [2.24, 2.45) is 0 Å². The van der Waals surface area contributed by atoms with Crippen LogP contribution in [0.5, 0.6) is 0 Å². The van der Waals surface area contributed by atoms with Gasteiger partial charge in [0.2, 0.25) is 0 Å². The van der Waals surface area contributed by atoms with E-state index in [0.29, 0.717) is 30.2 Å². The third-order valence-corrected chi connectivity index (χ3v) is 2.29. The molecule has 0 heterocycles. The first-order valence-corrected chi connectivity index (χ1v) is 5.28. The Balaban J connectivity index is 2.62. The molecule has 0 aliphatic carbocycles. The molecule has 82 valence electrons. The molecule has 0 atom stereocenters. The average molecular weight is 228 g/mol. The minimum Gasteiger partial charge on any atom is -0.462 e. The van der Waals surface area contributed by atoms with Crippen molar-refractivity contribution in [2.45, 2.75) is 13.3 Å². The van der Waals surface area contributed by atoms with E-state index in [4.69, 9.17) is 22.1 Å². The first-order valence-electron chi connectivity index (χ1n) is 4.74. The van der Waals surface area contributed by atoms with Crippen molar-refractivity contribution in [3.05, 3.63) is 29.3 Å². The molecule has 1 aromatic rings. The van der Waals surface area contributed by atoms with Crippen LogP contribution in [0.1, 0.15) is 22.3 Å². The summed E-state index contributed by atoms with van der Waals surface area (Å²) < 4.78 is 4.98. The molecule has 0 radical (unpaired) electrons. The van der Waals surface area contributed by atoms with Gasteiger partial charge in [0.05, 0.1) is 12.2 Å². The number of nitrogen functional groups attached to an aromatic ring is 1. The Labute approximate surface area is 94.2 Å². The summed E-state index contributed by atoms with van der Waals surface area (Å²) in [6.45, 7) is 2.23. The highest BCUT2D eigenvalue weighted by Crippen LogP contribution is 2.13. The predicted octanol–water partition coefficient (Wildman–Crippen LogP) is 2.36. The van der Waals surface area contributed by atoms with Crippen LogP contribution in [-0.4, -0.2) is 18.5 Å². The van der Waals surface area contributed by atoms with Crippen molar-refractivity contribution < 1.29 is 9.53 Å². The Morgan fingerprint density at radius 2 is 2.27 bits per heavy atom. The van der Waals surface area contributed by atoms with E-state index in [0.717, 1.165) is 5.56 Å². The number of ether oxygens (including phenoxy) is 1. The maximum Gasteiger partial charge on any atom is 0.338 e. The number of nitrogens with two attached hydrogens (primary N) is 1. The smallest absolute Gasteiger partial charge is 0.338 e. The molecule has 0 saturated carbocycles. The summed E-state index contributed by atoms with van der Waals surface area (Å²) in [6, 6.07) is 5.13. The summed E-state index contributed by atoms with van der Waals surface area (Å²) in [5.74, 6) is 0.135. The highest BCUT2D eigenvalue weighted by molar-refractivity contribution is 6.17. The second-order valence-corrected chi connectivity index (χ2v) is 3.63. The average Bonchev–Trinajstić information content (AvgIpc) is 2.22. The van der Waals surface area contributed by atoms with Gasteiger partial charge in [-0.05, 0) is 31.0 Å². The first kappa shape index (κ1) is 11.9. The van der Waals surface area contributed by atoms with Gasteiger partial charge in [-0.3, -0.25) is 0 Å². The SMILES string of the molecule is Cc1ccc(C(=O)OCCCCl)cc1N. The zero-order valence-corrected chi connectivity index (χ0v) is 9.38. The molecule has 0 aliphatic rings. The van der Waals surface area contributed by atoms with Crippen molar-refractivity contribution in [1.29, 1.82) is 0 Å². The number of hydrogen-bond donors (Lipinski definition) is 1. The van der Waals surface area contributed by atoms with Crippen LogP contribution in [0.2, 0.25) is 0 Å². The van der Waals surface area contributed by atoms with E-state index in [1.54, 1.807) is 18.2 Å². The van der Waals surface area contributed by atoms with Crippen molar-refractivity contribution in [2.75, 3.05) is 18.2 Å². The van der Waals surface area contributed by atoms with Gasteiger partial charge in [-0.2, -0.15) is 0 Å². The standard InChI is InChI=1S/C11H14ClNO2/c1-8-3-4-9(7-10(8)13)11(14)15-6-2-5-12/h3-4,7H,2,5-6,13H2,1H3. The topological polar surface area (TPSA) is 52.3 Å². The molecule has 2 N–H and O–H groups in total. The number of anilines is 1. The maximum atomic E-state index is 11.5. The largest absolute Gasteiger partial charge is 0.462 e. The lowest BCUT2D eigenvalue weighted by Crippen LogP contribution is -2.07. The molecule has 0 unspecified atom stereocenters. The lowest BCUT2D eigenvalue weighted by Gasteiger charge is -2.05. The summed E-state index contributed by atoms with van der Waals surface area (Å²) in [5, 5.41) is 0. The van der Waals surface area contributed by atoms with Gasteiger partial charge in [-0.1, -0.05) is 6.07 Å². The van der Waals surface area contributed by atoms with E-state index in [2.05, 4.69) is 0 Å². The Hall–Kier alpha value is -1.22. The summed E-state index contributed by atoms with van der Waals surface area (Å²) in [4.78, 5) is 11.5. The molecule has 15 heavy (non-hydrogen) atoms. The van der Waals surface area contributed by atoms with Crippen LogP contribution in [0, 0.1) is 6.92 Å². The van der Waals surface area contributed by atoms with Crippen LogP contribution in [-0.2, 0) is 4.74 Å². The number of aryl methyl sites for hydroxylation is 1. The van der Waals surface area contributed by atoms with Gasteiger partial charge in [-0.25, -0.2) is 4.79 Å². The number of esters is 1. The molecule has 4 heteroatoms. The molecule has 0 amide bonds. The third-order valence-electron chi connectivity index (χ3n) is 2.03. The van der Waals surface area contributed by atoms with Crippen molar-refractivity contribution in [3.8, 4) is 0 Å². The fourth-order valence-corrected chi connectivity index (χ4v) is 1.18.